The monoisotopic (exact) mass is 293 g/mol. The van der Waals surface area contributed by atoms with Crippen LogP contribution in [-0.2, 0) is 11.2 Å². The van der Waals surface area contributed by atoms with Gasteiger partial charge in [-0.05, 0) is 61.8 Å². The summed E-state index contributed by atoms with van der Waals surface area (Å²) in [5.74, 6) is 1.19. The Morgan fingerprint density at radius 1 is 1.29 bits per heavy atom. The summed E-state index contributed by atoms with van der Waals surface area (Å²) in [6.07, 6.45) is 4.50. The molecule has 2 nitrogen and oxygen atoms in total. The first-order valence-electron chi connectivity index (χ1n) is 8.19. The van der Waals surface area contributed by atoms with Gasteiger partial charge >= 0.3 is 0 Å². The van der Waals surface area contributed by atoms with Crippen LogP contribution in [0.2, 0.25) is 0 Å². The Morgan fingerprint density at radius 3 is 2.71 bits per heavy atom. The number of halogens is 1. The van der Waals surface area contributed by atoms with Crippen molar-refractivity contribution >= 4 is 0 Å². The van der Waals surface area contributed by atoms with Crippen LogP contribution < -0.4 is 5.32 Å². The van der Waals surface area contributed by atoms with Crippen molar-refractivity contribution in [1.29, 1.82) is 0 Å². The van der Waals surface area contributed by atoms with Gasteiger partial charge in [0.1, 0.15) is 5.82 Å². The van der Waals surface area contributed by atoms with E-state index in [1.165, 1.54) is 25.3 Å². The molecule has 2 rings (SSSR count). The Bertz CT molecular complexity index is 415. The van der Waals surface area contributed by atoms with E-state index in [-0.39, 0.29) is 5.82 Å². The molecule has 1 aliphatic rings. The number of ether oxygens (including phenoxy) is 1. The molecule has 1 N–H and O–H groups in total. The zero-order chi connectivity index (χ0) is 15.1. The van der Waals surface area contributed by atoms with Crippen LogP contribution in [0, 0.1) is 17.7 Å². The molecule has 21 heavy (non-hydrogen) atoms. The largest absolute Gasteiger partial charge is 0.381 e. The topological polar surface area (TPSA) is 21.3 Å². The minimum Gasteiger partial charge on any atom is -0.381 e. The molecule has 0 saturated carbocycles. The fourth-order valence-electron chi connectivity index (χ4n) is 3.09. The van der Waals surface area contributed by atoms with Gasteiger partial charge in [0.15, 0.2) is 0 Å². The minimum absolute atomic E-state index is 0.130. The van der Waals surface area contributed by atoms with Crippen molar-refractivity contribution in [3.05, 3.63) is 35.6 Å². The van der Waals surface area contributed by atoms with Crippen molar-refractivity contribution < 1.29 is 9.13 Å². The zero-order valence-corrected chi connectivity index (χ0v) is 13.3. The Balaban J connectivity index is 1.93. The standard InChI is InChI=1S/C18H28FNO/c1-14(2)20-13-17(10-15-6-8-21-9-7-15)11-16-4-3-5-18(19)12-16/h3-5,12,14-15,17,20H,6-11,13H2,1-2H3. The van der Waals surface area contributed by atoms with Gasteiger partial charge in [-0.15, -0.1) is 0 Å². The maximum atomic E-state index is 13.4. The second kappa shape index (κ2) is 8.50. The maximum Gasteiger partial charge on any atom is 0.123 e. The van der Waals surface area contributed by atoms with Gasteiger partial charge in [-0.2, -0.15) is 0 Å². The average Bonchev–Trinajstić information content (AvgIpc) is 2.46. The number of benzene rings is 1. The van der Waals surface area contributed by atoms with E-state index in [1.54, 1.807) is 6.07 Å². The third kappa shape index (κ3) is 6.15. The molecule has 1 heterocycles. The van der Waals surface area contributed by atoms with Crippen LogP contribution in [0.25, 0.3) is 0 Å². The Morgan fingerprint density at radius 2 is 2.05 bits per heavy atom. The highest BCUT2D eigenvalue weighted by atomic mass is 19.1. The van der Waals surface area contributed by atoms with E-state index in [0.29, 0.717) is 12.0 Å². The smallest absolute Gasteiger partial charge is 0.123 e. The molecule has 1 fully saturated rings. The highest BCUT2D eigenvalue weighted by Gasteiger charge is 2.20. The van der Waals surface area contributed by atoms with Gasteiger partial charge in [-0.25, -0.2) is 4.39 Å². The van der Waals surface area contributed by atoms with Crippen LogP contribution in [0.15, 0.2) is 24.3 Å². The lowest BCUT2D eigenvalue weighted by Gasteiger charge is -2.27. The quantitative estimate of drug-likeness (QED) is 0.825. The molecule has 0 aromatic heterocycles. The summed E-state index contributed by atoms with van der Waals surface area (Å²) in [5, 5.41) is 3.55. The molecule has 0 amide bonds. The summed E-state index contributed by atoms with van der Waals surface area (Å²) in [6, 6.07) is 7.53. The lowest BCUT2D eigenvalue weighted by Crippen LogP contribution is -2.32. The molecule has 1 aromatic rings. The van der Waals surface area contributed by atoms with Crippen molar-refractivity contribution in [3.63, 3.8) is 0 Å². The minimum atomic E-state index is -0.130. The SMILES string of the molecule is CC(C)NCC(Cc1cccc(F)c1)CC1CCOCC1. The Hall–Kier alpha value is -0.930. The third-order valence-corrected chi connectivity index (χ3v) is 4.24. The number of rotatable bonds is 7. The fraction of sp³-hybridized carbons (Fsp3) is 0.667. The molecule has 0 radical (unpaired) electrons. The van der Waals surface area contributed by atoms with Crippen molar-refractivity contribution in [2.24, 2.45) is 11.8 Å². The predicted octanol–water partition coefficient (Wildman–Crippen LogP) is 3.80. The van der Waals surface area contributed by atoms with Crippen LogP contribution in [0.4, 0.5) is 4.39 Å². The zero-order valence-electron chi connectivity index (χ0n) is 13.3. The molecule has 1 unspecified atom stereocenters. The van der Waals surface area contributed by atoms with Crippen molar-refractivity contribution in [2.75, 3.05) is 19.8 Å². The van der Waals surface area contributed by atoms with Crippen LogP contribution >= 0.6 is 0 Å². The molecule has 1 aromatic carbocycles. The first kappa shape index (κ1) is 16.4. The third-order valence-electron chi connectivity index (χ3n) is 4.24. The van der Waals surface area contributed by atoms with Crippen LogP contribution in [0.1, 0.15) is 38.7 Å². The summed E-state index contributed by atoms with van der Waals surface area (Å²) in [4.78, 5) is 0. The van der Waals surface area contributed by atoms with E-state index in [1.807, 2.05) is 12.1 Å². The van der Waals surface area contributed by atoms with Gasteiger partial charge in [0.05, 0.1) is 0 Å². The molecule has 1 aliphatic heterocycles. The van der Waals surface area contributed by atoms with Gasteiger partial charge in [0, 0.05) is 19.3 Å². The van der Waals surface area contributed by atoms with E-state index in [2.05, 4.69) is 19.2 Å². The second-order valence-electron chi connectivity index (χ2n) is 6.55. The first-order chi connectivity index (χ1) is 10.1. The average molecular weight is 293 g/mol. The number of hydrogen-bond acceptors (Lipinski definition) is 2. The van der Waals surface area contributed by atoms with Crippen molar-refractivity contribution in [1.82, 2.24) is 5.32 Å². The maximum absolute atomic E-state index is 13.4. The molecule has 3 heteroatoms. The highest BCUT2D eigenvalue weighted by molar-refractivity contribution is 5.17. The van der Waals surface area contributed by atoms with E-state index in [9.17, 15) is 4.39 Å². The van der Waals surface area contributed by atoms with Crippen molar-refractivity contribution in [2.45, 2.75) is 45.6 Å². The molecule has 1 atom stereocenters. The molecular formula is C18H28FNO. The molecule has 0 aliphatic carbocycles. The van der Waals surface area contributed by atoms with Gasteiger partial charge in [-0.3, -0.25) is 0 Å². The Kier molecular flexibility index (Phi) is 6.65. The number of hydrogen-bond donors (Lipinski definition) is 1. The van der Waals surface area contributed by atoms with E-state index >= 15 is 0 Å². The Labute approximate surface area is 128 Å². The number of nitrogens with one attached hydrogen (secondary N) is 1. The summed E-state index contributed by atoms with van der Waals surface area (Å²) in [7, 11) is 0. The van der Waals surface area contributed by atoms with E-state index < -0.39 is 0 Å². The van der Waals surface area contributed by atoms with Gasteiger partial charge in [-0.1, -0.05) is 26.0 Å². The van der Waals surface area contributed by atoms with Gasteiger partial charge in [0.25, 0.3) is 0 Å². The van der Waals surface area contributed by atoms with Crippen LogP contribution in [-0.4, -0.2) is 25.8 Å². The summed E-state index contributed by atoms with van der Waals surface area (Å²) in [5.41, 5.74) is 1.11. The molecule has 1 saturated heterocycles. The highest BCUT2D eigenvalue weighted by Crippen LogP contribution is 2.25. The van der Waals surface area contributed by atoms with E-state index in [0.717, 1.165) is 37.7 Å². The van der Waals surface area contributed by atoms with Crippen LogP contribution in [0.5, 0.6) is 0 Å². The summed E-state index contributed by atoms with van der Waals surface area (Å²) >= 11 is 0. The van der Waals surface area contributed by atoms with Gasteiger partial charge < -0.3 is 10.1 Å². The summed E-state index contributed by atoms with van der Waals surface area (Å²) < 4.78 is 18.8. The first-order valence-corrected chi connectivity index (χ1v) is 8.19. The molecule has 118 valence electrons. The molecule has 0 spiro atoms. The molecule has 0 bridgehead atoms. The van der Waals surface area contributed by atoms with E-state index in [4.69, 9.17) is 4.74 Å². The van der Waals surface area contributed by atoms with Crippen molar-refractivity contribution in [3.8, 4) is 0 Å². The normalized spacial score (nSPS) is 18.1. The van der Waals surface area contributed by atoms with Gasteiger partial charge in [0.2, 0.25) is 0 Å². The molecular weight excluding hydrogens is 265 g/mol. The van der Waals surface area contributed by atoms with Crippen LogP contribution in [0.3, 0.4) is 0 Å². The lowest BCUT2D eigenvalue weighted by atomic mass is 9.85. The second-order valence-corrected chi connectivity index (χ2v) is 6.55. The summed E-state index contributed by atoms with van der Waals surface area (Å²) in [6.45, 7) is 7.15. The fourth-order valence-corrected chi connectivity index (χ4v) is 3.09. The predicted molar refractivity (Wildman–Crippen MR) is 84.9 cm³/mol. The lowest BCUT2D eigenvalue weighted by molar-refractivity contribution is 0.0584.